The van der Waals surface area contributed by atoms with Crippen LogP contribution in [-0.4, -0.2) is 32.6 Å². The Hall–Kier alpha value is -1.07. The quantitative estimate of drug-likeness (QED) is 0.259. The lowest BCUT2D eigenvalue weighted by atomic mass is 10.3. The summed E-state index contributed by atoms with van der Waals surface area (Å²) in [6, 6.07) is 0. The van der Waals surface area contributed by atoms with E-state index >= 15 is 0 Å². The highest BCUT2D eigenvalue weighted by Gasteiger charge is 2.44. The van der Waals surface area contributed by atoms with Crippen molar-refractivity contribution in [3.05, 3.63) is 23.5 Å². The van der Waals surface area contributed by atoms with E-state index in [9.17, 15) is 4.79 Å². The fourth-order valence-electron chi connectivity index (χ4n) is 3.38. The lowest BCUT2D eigenvalue weighted by Crippen LogP contribution is -2.47. The van der Waals surface area contributed by atoms with Crippen LogP contribution in [0.2, 0.25) is 16.6 Å². The highest BCUT2D eigenvalue weighted by Crippen LogP contribution is 2.42. The molecule has 0 saturated carbocycles. The second-order valence-corrected chi connectivity index (χ2v) is 12.5. The van der Waals surface area contributed by atoms with Crippen LogP contribution >= 0.6 is 0 Å². The van der Waals surface area contributed by atoms with Crippen molar-refractivity contribution < 1.29 is 19.1 Å². The molecule has 0 radical (unpaired) electrons. The van der Waals surface area contributed by atoms with Gasteiger partial charge in [0.2, 0.25) is 14.1 Å². The Kier molecular flexibility index (Phi) is 9.47. The lowest BCUT2D eigenvalue weighted by Gasteiger charge is -2.41. The van der Waals surface area contributed by atoms with Crippen molar-refractivity contribution in [2.75, 3.05) is 13.2 Å². The first-order valence-corrected chi connectivity index (χ1v) is 10.5. The Bertz CT molecular complexity index is 411. The smallest absolute Gasteiger partial charge is 0.371 e. The Morgan fingerprint density at radius 3 is 1.74 bits per heavy atom. The van der Waals surface area contributed by atoms with E-state index in [2.05, 4.69) is 41.5 Å². The van der Waals surface area contributed by atoms with Gasteiger partial charge in [-0.25, -0.2) is 4.79 Å². The Labute approximate surface area is 142 Å². The normalized spacial score (nSPS) is 12.5. The molecule has 0 bridgehead atoms. The summed E-state index contributed by atoms with van der Waals surface area (Å²) in [5.41, 5.74) is 2.32. The van der Waals surface area contributed by atoms with Crippen molar-refractivity contribution in [1.82, 2.24) is 0 Å². The summed E-state index contributed by atoms with van der Waals surface area (Å²) in [5.74, 6) is -1.01. The molecular formula is C18H34O4Si. The third kappa shape index (κ3) is 6.15. The zero-order valence-corrected chi connectivity index (χ0v) is 17.0. The molecule has 0 rings (SSSR count). The van der Waals surface area contributed by atoms with E-state index in [-0.39, 0.29) is 12.4 Å². The summed E-state index contributed by atoms with van der Waals surface area (Å²) in [5, 5.41) is 9.01. The minimum Gasteiger partial charge on any atom is -0.482 e. The van der Waals surface area contributed by atoms with E-state index in [1.165, 1.54) is 0 Å². The van der Waals surface area contributed by atoms with Crippen LogP contribution in [0.3, 0.4) is 0 Å². The molecule has 0 aromatic heterocycles. The van der Waals surface area contributed by atoms with Crippen LogP contribution in [0.15, 0.2) is 23.5 Å². The molecule has 23 heavy (non-hydrogen) atoms. The van der Waals surface area contributed by atoms with Gasteiger partial charge >= 0.3 is 5.97 Å². The zero-order chi connectivity index (χ0) is 18.2. The first-order valence-electron chi connectivity index (χ1n) is 8.39. The van der Waals surface area contributed by atoms with E-state index in [0.717, 1.165) is 0 Å². The minimum atomic E-state index is -1.84. The van der Waals surface area contributed by atoms with E-state index < -0.39 is 14.3 Å². The minimum absolute atomic E-state index is 0.0193. The molecule has 1 N–H and O–H groups in total. The third-order valence-corrected chi connectivity index (χ3v) is 10.4. The number of rotatable bonds is 10. The van der Waals surface area contributed by atoms with Crippen LogP contribution in [0.25, 0.3) is 0 Å². The third-order valence-electron chi connectivity index (χ3n) is 4.28. The highest BCUT2D eigenvalue weighted by atomic mass is 28.4. The van der Waals surface area contributed by atoms with Crippen LogP contribution < -0.4 is 0 Å². The van der Waals surface area contributed by atoms with Gasteiger partial charge in [-0.1, -0.05) is 47.6 Å². The molecule has 0 fully saturated rings. The van der Waals surface area contributed by atoms with Crippen LogP contribution in [-0.2, 0) is 14.0 Å². The van der Waals surface area contributed by atoms with E-state index in [1.54, 1.807) is 13.8 Å². The fraction of sp³-hybridized carbons (Fsp3) is 0.722. The van der Waals surface area contributed by atoms with Gasteiger partial charge in [0.15, 0.2) is 0 Å². The zero-order valence-electron chi connectivity index (χ0n) is 16.0. The summed E-state index contributed by atoms with van der Waals surface area (Å²) in [6.07, 6.45) is 3.76. The van der Waals surface area contributed by atoms with E-state index in [0.29, 0.717) is 28.8 Å². The predicted molar refractivity (Wildman–Crippen MR) is 98.1 cm³/mol. The molecule has 0 saturated heterocycles. The van der Waals surface area contributed by atoms with Crippen LogP contribution in [0.4, 0.5) is 0 Å². The second kappa shape index (κ2) is 9.93. The number of aliphatic carboxylic acids is 1. The Balaban J connectivity index is 4.63. The van der Waals surface area contributed by atoms with Gasteiger partial charge in [-0.15, -0.1) is 0 Å². The topological polar surface area (TPSA) is 55.8 Å². The standard InChI is InChI=1S/C18H34O4Si/c1-13(2)17(18(19)20)21-11-9-10-12-22-23(14(3)4,15(5)6)16(7)8/h9-10,14-16H,11-12H2,1-8H3,(H,19,20)/b10-9-. The van der Waals surface area contributed by atoms with E-state index in [4.69, 9.17) is 14.3 Å². The summed E-state index contributed by atoms with van der Waals surface area (Å²) in [4.78, 5) is 11.0. The molecule has 5 heteroatoms. The van der Waals surface area contributed by atoms with Gasteiger partial charge in [0.05, 0.1) is 6.61 Å². The van der Waals surface area contributed by atoms with Gasteiger partial charge in [-0.05, 0) is 42.1 Å². The van der Waals surface area contributed by atoms with Gasteiger partial charge in [0.1, 0.15) is 6.61 Å². The Morgan fingerprint density at radius 1 is 0.957 bits per heavy atom. The number of carboxylic acid groups (broad SMARTS) is 1. The van der Waals surface area contributed by atoms with E-state index in [1.807, 2.05) is 12.2 Å². The molecule has 0 aliphatic heterocycles. The maximum atomic E-state index is 11.0. The first-order chi connectivity index (χ1) is 10.6. The van der Waals surface area contributed by atoms with Crippen molar-refractivity contribution in [2.45, 2.75) is 72.0 Å². The second-order valence-electron chi connectivity index (χ2n) is 7.05. The van der Waals surface area contributed by atoms with Gasteiger partial charge in [0.25, 0.3) is 0 Å². The summed E-state index contributed by atoms with van der Waals surface area (Å²) < 4.78 is 11.7. The SMILES string of the molecule is CC(C)=C(OC/C=C\CO[Si](C(C)C)(C(C)C)C(C)C)C(=O)O. The summed E-state index contributed by atoms with van der Waals surface area (Å²) >= 11 is 0. The van der Waals surface area contributed by atoms with Crippen molar-refractivity contribution in [2.24, 2.45) is 0 Å². The number of hydrogen-bond acceptors (Lipinski definition) is 3. The molecule has 0 aliphatic carbocycles. The van der Waals surface area contributed by atoms with Gasteiger partial charge < -0.3 is 14.3 Å². The first kappa shape index (κ1) is 21.9. The molecule has 0 unspecified atom stereocenters. The molecule has 0 amide bonds. The number of allylic oxidation sites excluding steroid dienone is 1. The molecule has 134 valence electrons. The molecule has 4 nitrogen and oxygen atoms in total. The van der Waals surface area contributed by atoms with Gasteiger partial charge in [-0.2, -0.15) is 0 Å². The van der Waals surface area contributed by atoms with Gasteiger partial charge in [-0.3, -0.25) is 0 Å². The summed E-state index contributed by atoms with van der Waals surface area (Å²) in [7, 11) is -1.84. The molecule has 0 spiro atoms. The van der Waals surface area contributed by atoms with Crippen molar-refractivity contribution in [1.29, 1.82) is 0 Å². The van der Waals surface area contributed by atoms with Crippen molar-refractivity contribution in [3.63, 3.8) is 0 Å². The van der Waals surface area contributed by atoms with Gasteiger partial charge in [0, 0.05) is 0 Å². The fourth-order valence-corrected chi connectivity index (χ4v) is 8.76. The van der Waals surface area contributed by atoms with Crippen molar-refractivity contribution in [3.8, 4) is 0 Å². The van der Waals surface area contributed by atoms with Crippen LogP contribution in [0.5, 0.6) is 0 Å². The molecule has 0 aliphatic rings. The number of carboxylic acids is 1. The Morgan fingerprint density at radius 2 is 1.39 bits per heavy atom. The summed E-state index contributed by atoms with van der Waals surface area (Å²) in [6.45, 7) is 17.8. The van der Waals surface area contributed by atoms with Crippen LogP contribution in [0.1, 0.15) is 55.4 Å². The predicted octanol–water partition coefficient (Wildman–Crippen LogP) is 5.13. The molecular weight excluding hydrogens is 308 g/mol. The number of hydrogen-bond donors (Lipinski definition) is 1. The number of ether oxygens (including phenoxy) is 1. The maximum Gasteiger partial charge on any atom is 0.371 e. The molecule has 0 atom stereocenters. The lowest BCUT2D eigenvalue weighted by molar-refractivity contribution is -0.136. The maximum absolute atomic E-state index is 11.0. The average Bonchev–Trinajstić information content (AvgIpc) is 2.39. The molecule has 0 aromatic carbocycles. The monoisotopic (exact) mass is 342 g/mol. The molecule has 0 heterocycles. The largest absolute Gasteiger partial charge is 0.482 e. The molecule has 0 aromatic rings. The van der Waals surface area contributed by atoms with Crippen LogP contribution in [0, 0.1) is 0 Å². The van der Waals surface area contributed by atoms with Crippen molar-refractivity contribution >= 4 is 14.3 Å². The highest BCUT2D eigenvalue weighted by molar-refractivity contribution is 6.77. The average molecular weight is 343 g/mol. The number of carbonyl (C=O) groups is 1.